The third-order valence-electron chi connectivity index (χ3n) is 3.57. The quantitative estimate of drug-likeness (QED) is 0.899. The molecule has 0 amide bonds. The van der Waals surface area contributed by atoms with Gasteiger partial charge in [0.05, 0.1) is 14.2 Å². The summed E-state index contributed by atoms with van der Waals surface area (Å²) < 4.78 is 11.6. The van der Waals surface area contributed by atoms with Crippen LogP contribution in [-0.4, -0.2) is 19.3 Å². The predicted octanol–water partition coefficient (Wildman–Crippen LogP) is 4.16. The fraction of sp³-hybridized carbons (Fsp3) is 0.294. The van der Waals surface area contributed by atoms with E-state index < -0.39 is 6.10 Å². The van der Waals surface area contributed by atoms with Gasteiger partial charge in [-0.1, -0.05) is 22.0 Å². The van der Waals surface area contributed by atoms with Gasteiger partial charge in [0.25, 0.3) is 0 Å². The van der Waals surface area contributed by atoms with Gasteiger partial charge < -0.3 is 14.6 Å². The molecule has 0 heterocycles. The van der Waals surface area contributed by atoms with Gasteiger partial charge in [-0.3, -0.25) is 0 Å². The van der Waals surface area contributed by atoms with Gasteiger partial charge in [-0.05, 0) is 54.8 Å². The largest absolute Gasteiger partial charge is 0.496 e. The Morgan fingerprint density at radius 2 is 1.57 bits per heavy atom. The second kappa shape index (κ2) is 6.50. The van der Waals surface area contributed by atoms with Gasteiger partial charge in [0.1, 0.15) is 17.6 Å². The molecular formula is C17H19BrO3. The smallest absolute Gasteiger partial charge is 0.126 e. The maximum absolute atomic E-state index is 10.7. The zero-order valence-corrected chi connectivity index (χ0v) is 14.2. The minimum absolute atomic E-state index is 0.657. The van der Waals surface area contributed by atoms with Gasteiger partial charge >= 0.3 is 0 Å². The van der Waals surface area contributed by atoms with Crippen LogP contribution in [0.2, 0.25) is 0 Å². The normalized spacial score (nSPS) is 12.1. The third-order valence-corrected chi connectivity index (χ3v) is 4.06. The summed E-state index contributed by atoms with van der Waals surface area (Å²) in [6, 6.07) is 9.52. The lowest BCUT2D eigenvalue weighted by atomic mass is 9.95. The lowest BCUT2D eigenvalue weighted by Gasteiger charge is -2.19. The molecule has 2 aromatic carbocycles. The minimum Gasteiger partial charge on any atom is -0.496 e. The Balaban J connectivity index is 2.50. The Hall–Kier alpha value is -1.52. The third kappa shape index (κ3) is 3.22. The Kier molecular flexibility index (Phi) is 4.91. The first-order valence-electron chi connectivity index (χ1n) is 6.64. The molecule has 21 heavy (non-hydrogen) atoms. The Bertz CT molecular complexity index is 653. The molecule has 0 aliphatic rings. The molecule has 0 bridgehead atoms. The van der Waals surface area contributed by atoms with E-state index in [4.69, 9.17) is 9.47 Å². The van der Waals surface area contributed by atoms with E-state index in [1.54, 1.807) is 14.2 Å². The molecule has 0 fully saturated rings. The van der Waals surface area contributed by atoms with Crippen LogP contribution in [0.15, 0.2) is 34.8 Å². The van der Waals surface area contributed by atoms with Gasteiger partial charge in [-0.2, -0.15) is 0 Å². The maximum Gasteiger partial charge on any atom is 0.126 e. The van der Waals surface area contributed by atoms with Crippen molar-refractivity contribution in [2.45, 2.75) is 20.0 Å². The second-order valence-electron chi connectivity index (χ2n) is 4.97. The van der Waals surface area contributed by atoms with Crippen LogP contribution in [0.5, 0.6) is 11.5 Å². The molecule has 0 aliphatic heterocycles. The molecule has 0 radical (unpaired) electrons. The van der Waals surface area contributed by atoms with Crippen molar-refractivity contribution in [2.24, 2.45) is 0 Å². The van der Waals surface area contributed by atoms with E-state index in [-0.39, 0.29) is 0 Å². The van der Waals surface area contributed by atoms with Gasteiger partial charge in [0.2, 0.25) is 0 Å². The average molecular weight is 351 g/mol. The van der Waals surface area contributed by atoms with Crippen LogP contribution in [0.1, 0.15) is 28.4 Å². The molecule has 0 spiro atoms. The molecule has 0 saturated carbocycles. The van der Waals surface area contributed by atoms with Crippen LogP contribution in [0, 0.1) is 13.8 Å². The highest BCUT2D eigenvalue weighted by atomic mass is 79.9. The zero-order chi connectivity index (χ0) is 15.6. The second-order valence-corrected chi connectivity index (χ2v) is 5.88. The fourth-order valence-corrected chi connectivity index (χ4v) is 2.75. The number of methoxy groups -OCH3 is 2. The molecule has 1 unspecified atom stereocenters. The Morgan fingerprint density at radius 1 is 0.905 bits per heavy atom. The standard InChI is InChI=1S/C17H19BrO3/c1-10-8-15(20-3)11(2)7-14(10)17(19)13-6-5-12(18)9-16(13)21-4/h5-9,17,19H,1-4H3. The first-order chi connectivity index (χ1) is 9.97. The summed E-state index contributed by atoms with van der Waals surface area (Å²) in [7, 11) is 3.25. The van der Waals surface area contributed by atoms with Gasteiger partial charge in [-0.15, -0.1) is 0 Å². The van der Waals surface area contributed by atoms with Crippen LogP contribution in [0.4, 0.5) is 0 Å². The highest BCUT2D eigenvalue weighted by molar-refractivity contribution is 9.10. The number of aryl methyl sites for hydroxylation is 2. The van der Waals surface area contributed by atoms with Gasteiger partial charge in [-0.25, -0.2) is 0 Å². The molecule has 0 aliphatic carbocycles. The van der Waals surface area contributed by atoms with Crippen molar-refractivity contribution in [1.82, 2.24) is 0 Å². The Labute approximate surface area is 133 Å². The van der Waals surface area contributed by atoms with E-state index in [0.717, 1.165) is 32.5 Å². The molecule has 1 atom stereocenters. The molecule has 3 nitrogen and oxygen atoms in total. The first-order valence-corrected chi connectivity index (χ1v) is 7.44. The minimum atomic E-state index is -0.738. The van der Waals surface area contributed by atoms with Crippen molar-refractivity contribution in [3.05, 3.63) is 57.1 Å². The lowest BCUT2D eigenvalue weighted by molar-refractivity contribution is 0.213. The average Bonchev–Trinajstić information content (AvgIpc) is 2.48. The highest BCUT2D eigenvalue weighted by Crippen LogP contribution is 2.35. The van der Waals surface area contributed by atoms with E-state index in [1.807, 2.05) is 44.2 Å². The molecule has 4 heteroatoms. The number of aliphatic hydroxyl groups excluding tert-OH is 1. The summed E-state index contributed by atoms with van der Waals surface area (Å²) in [6.07, 6.45) is -0.738. The van der Waals surface area contributed by atoms with E-state index >= 15 is 0 Å². The van der Waals surface area contributed by atoms with E-state index in [9.17, 15) is 5.11 Å². The summed E-state index contributed by atoms with van der Waals surface area (Å²) in [5, 5.41) is 10.7. The number of rotatable bonds is 4. The summed E-state index contributed by atoms with van der Waals surface area (Å²) in [5.74, 6) is 1.48. The predicted molar refractivity (Wildman–Crippen MR) is 87.2 cm³/mol. The van der Waals surface area contributed by atoms with Crippen molar-refractivity contribution in [1.29, 1.82) is 0 Å². The number of benzene rings is 2. The van der Waals surface area contributed by atoms with Crippen LogP contribution in [0.25, 0.3) is 0 Å². The van der Waals surface area contributed by atoms with Gasteiger partial charge in [0, 0.05) is 10.0 Å². The van der Waals surface area contributed by atoms with Crippen molar-refractivity contribution in [2.75, 3.05) is 14.2 Å². The maximum atomic E-state index is 10.7. The van der Waals surface area contributed by atoms with Crippen molar-refractivity contribution in [3.63, 3.8) is 0 Å². The number of halogens is 1. The summed E-state index contributed by atoms with van der Waals surface area (Å²) in [5.41, 5.74) is 3.57. The van der Waals surface area contributed by atoms with Crippen LogP contribution >= 0.6 is 15.9 Å². The van der Waals surface area contributed by atoms with Gasteiger partial charge in [0.15, 0.2) is 0 Å². The lowest BCUT2D eigenvalue weighted by Crippen LogP contribution is -2.05. The molecule has 2 rings (SSSR count). The van der Waals surface area contributed by atoms with E-state index in [2.05, 4.69) is 15.9 Å². The molecular weight excluding hydrogens is 332 g/mol. The van der Waals surface area contributed by atoms with Crippen LogP contribution in [-0.2, 0) is 0 Å². The fourth-order valence-electron chi connectivity index (χ4n) is 2.40. The molecule has 1 N–H and O–H groups in total. The van der Waals surface area contributed by atoms with E-state index in [0.29, 0.717) is 5.75 Å². The van der Waals surface area contributed by atoms with Crippen molar-refractivity contribution in [3.8, 4) is 11.5 Å². The number of aliphatic hydroxyl groups is 1. The topological polar surface area (TPSA) is 38.7 Å². The van der Waals surface area contributed by atoms with Crippen molar-refractivity contribution >= 4 is 15.9 Å². The molecule has 112 valence electrons. The van der Waals surface area contributed by atoms with Crippen LogP contribution in [0.3, 0.4) is 0 Å². The van der Waals surface area contributed by atoms with E-state index in [1.165, 1.54) is 0 Å². The van der Waals surface area contributed by atoms with Crippen molar-refractivity contribution < 1.29 is 14.6 Å². The highest BCUT2D eigenvalue weighted by Gasteiger charge is 2.19. The summed E-state index contributed by atoms with van der Waals surface area (Å²) in [6.45, 7) is 3.93. The zero-order valence-electron chi connectivity index (χ0n) is 12.6. The monoisotopic (exact) mass is 350 g/mol. The molecule has 0 aromatic heterocycles. The number of ether oxygens (including phenoxy) is 2. The molecule has 2 aromatic rings. The summed E-state index contributed by atoms with van der Waals surface area (Å²) in [4.78, 5) is 0. The molecule has 0 saturated heterocycles. The first kappa shape index (κ1) is 15.9. The number of hydrogen-bond acceptors (Lipinski definition) is 3. The number of hydrogen-bond donors (Lipinski definition) is 1. The summed E-state index contributed by atoms with van der Waals surface area (Å²) >= 11 is 3.41. The van der Waals surface area contributed by atoms with Crippen LogP contribution < -0.4 is 9.47 Å². The SMILES string of the molecule is COc1cc(C)c(C(O)c2ccc(Br)cc2OC)cc1C. The Morgan fingerprint density at radius 3 is 2.19 bits per heavy atom.